The van der Waals surface area contributed by atoms with Gasteiger partial charge in [0, 0.05) is 11.1 Å². The molecule has 0 aliphatic heterocycles. The van der Waals surface area contributed by atoms with Gasteiger partial charge in [0.25, 0.3) is 0 Å². The van der Waals surface area contributed by atoms with E-state index < -0.39 is 17.7 Å². The first-order valence-corrected chi connectivity index (χ1v) is 8.69. The van der Waals surface area contributed by atoms with Crippen molar-refractivity contribution in [1.82, 2.24) is 10.3 Å². The zero-order chi connectivity index (χ0) is 18.7. The Morgan fingerprint density at radius 3 is 2.50 bits per heavy atom. The van der Waals surface area contributed by atoms with Gasteiger partial charge >= 0.3 is 6.18 Å². The van der Waals surface area contributed by atoms with E-state index >= 15 is 0 Å². The highest BCUT2D eigenvalue weighted by molar-refractivity contribution is 7.18. The molecule has 3 aromatic rings. The molecule has 3 nitrogen and oxygen atoms in total. The van der Waals surface area contributed by atoms with Gasteiger partial charge in [-0.1, -0.05) is 35.9 Å². The topological polar surface area (TPSA) is 42.0 Å². The average Bonchev–Trinajstić information content (AvgIpc) is 3.01. The number of alkyl halides is 3. The second-order valence-corrected chi connectivity index (χ2v) is 6.91. The molecule has 2 aromatic carbocycles. The number of para-hydroxylation sites is 1. The number of benzene rings is 2. The molecule has 1 aromatic heterocycles. The van der Waals surface area contributed by atoms with Crippen LogP contribution in [0.5, 0.6) is 0 Å². The van der Waals surface area contributed by atoms with Gasteiger partial charge in [-0.15, -0.1) is 11.3 Å². The number of rotatable bonds is 4. The van der Waals surface area contributed by atoms with Crippen LogP contribution in [0.2, 0.25) is 5.02 Å². The minimum Gasteiger partial charge on any atom is -0.346 e. The third kappa shape index (κ3) is 4.42. The van der Waals surface area contributed by atoms with Crippen LogP contribution in [0.15, 0.2) is 54.6 Å². The number of hydrogen-bond donors (Lipinski definition) is 1. The lowest BCUT2D eigenvalue weighted by molar-refractivity contribution is -0.117. The predicted octanol–water partition coefficient (Wildman–Crippen LogP) is 5.21. The molecule has 0 aliphatic carbocycles. The van der Waals surface area contributed by atoms with Crippen molar-refractivity contribution in [3.8, 4) is 0 Å². The van der Waals surface area contributed by atoms with Crippen molar-refractivity contribution < 1.29 is 18.0 Å². The van der Waals surface area contributed by atoms with E-state index in [-0.39, 0.29) is 12.1 Å². The number of nitrogens with zero attached hydrogens (tertiary/aromatic N) is 1. The van der Waals surface area contributed by atoms with Gasteiger partial charge < -0.3 is 5.32 Å². The fraction of sp³-hybridized carbons (Fsp3) is 0.111. The molecule has 3 rings (SSSR count). The molecule has 0 spiro atoms. The maximum Gasteiger partial charge on any atom is 0.417 e. The summed E-state index contributed by atoms with van der Waals surface area (Å²) in [5.74, 6) is -0.841. The van der Waals surface area contributed by atoms with E-state index in [4.69, 9.17) is 11.6 Å². The van der Waals surface area contributed by atoms with E-state index in [0.717, 1.165) is 10.2 Å². The Kier molecular flexibility index (Phi) is 5.29. The lowest BCUT2D eigenvalue weighted by Crippen LogP contribution is -2.22. The van der Waals surface area contributed by atoms with Crippen LogP contribution in [0, 0.1) is 0 Å². The summed E-state index contributed by atoms with van der Waals surface area (Å²) in [6.07, 6.45) is -4.11. The highest BCUT2D eigenvalue weighted by atomic mass is 35.5. The Bertz CT molecular complexity index is 931. The van der Waals surface area contributed by atoms with Gasteiger partial charge in [-0.3, -0.25) is 4.79 Å². The Morgan fingerprint density at radius 2 is 1.85 bits per heavy atom. The number of amides is 1. The lowest BCUT2D eigenvalue weighted by atomic mass is 10.1. The molecule has 1 heterocycles. The smallest absolute Gasteiger partial charge is 0.346 e. The van der Waals surface area contributed by atoms with Gasteiger partial charge in [-0.25, -0.2) is 4.98 Å². The number of nitrogens with one attached hydrogen (secondary N) is 1. The van der Waals surface area contributed by atoms with Crippen molar-refractivity contribution >= 4 is 44.6 Å². The molecule has 0 saturated carbocycles. The quantitative estimate of drug-likeness (QED) is 0.615. The minimum absolute atomic E-state index is 0.0560. The van der Waals surface area contributed by atoms with Crippen LogP contribution in [0.1, 0.15) is 10.6 Å². The number of aromatic nitrogens is 1. The Hall–Kier alpha value is -2.38. The van der Waals surface area contributed by atoms with Crippen LogP contribution in [-0.2, 0) is 11.3 Å². The molecule has 1 N–H and O–H groups in total. The molecule has 134 valence electrons. The van der Waals surface area contributed by atoms with Crippen molar-refractivity contribution in [2.75, 3.05) is 0 Å². The summed E-state index contributed by atoms with van der Waals surface area (Å²) >= 11 is 7.08. The second-order valence-electron chi connectivity index (χ2n) is 5.36. The minimum atomic E-state index is -4.67. The van der Waals surface area contributed by atoms with Crippen LogP contribution in [-0.4, -0.2) is 17.1 Å². The average molecular weight is 397 g/mol. The predicted molar refractivity (Wildman–Crippen MR) is 97.0 cm³/mol. The monoisotopic (exact) mass is 396 g/mol. The molecule has 1 amide bonds. The van der Waals surface area contributed by atoms with E-state index in [9.17, 15) is 18.0 Å². The molecular formula is C18H12ClF3N2OS. The molecule has 0 bridgehead atoms. The van der Waals surface area contributed by atoms with Crippen LogP contribution in [0.4, 0.5) is 13.2 Å². The first kappa shape index (κ1) is 18.4. The largest absolute Gasteiger partial charge is 0.417 e. The van der Waals surface area contributed by atoms with E-state index in [1.54, 1.807) is 0 Å². The standard InChI is InChI=1S/C18H12ClF3N2OS/c19-12-7-5-11(6-8-12)13(18(20,21)22)9-16(25)23-10-17-24-14-3-1-2-4-15(14)26-17/h1-9H,10H2,(H,23,25). The Labute approximate surface area is 156 Å². The number of carbonyl (C=O) groups is 1. The van der Waals surface area contributed by atoms with Crippen molar-refractivity contribution in [2.24, 2.45) is 0 Å². The molecule has 26 heavy (non-hydrogen) atoms. The molecule has 0 fully saturated rings. The van der Waals surface area contributed by atoms with E-state index in [2.05, 4.69) is 10.3 Å². The first-order chi connectivity index (χ1) is 12.3. The maximum absolute atomic E-state index is 13.3. The van der Waals surface area contributed by atoms with Crippen molar-refractivity contribution in [2.45, 2.75) is 12.7 Å². The summed E-state index contributed by atoms with van der Waals surface area (Å²) < 4.78 is 40.8. The molecule has 0 aliphatic rings. The van der Waals surface area contributed by atoms with Crippen LogP contribution < -0.4 is 5.32 Å². The summed E-state index contributed by atoms with van der Waals surface area (Å²) in [6, 6.07) is 12.6. The SMILES string of the molecule is O=C(C=C(c1ccc(Cl)cc1)C(F)(F)F)NCc1nc2ccccc2s1. The molecule has 0 atom stereocenters. The Balaban J connectivity index is 1.76. The number of thiazole rings is 1. The third-order valence-electron chi connectivity index (χ3n) is 3.49. The van der Waals surface area contributed by atoms with Gasteiger partial charge in [-0.05, 0) is 29.8 Å². The number of allylic oxidation sites excluding steroid dienone is 1. The third-order valence-corrected chi connectivity index (χ3v) is 4.78. The van der Waals surface area contributed by atoms with Gasteiger partial charge in [0.2, 0.25) is 5.91 Å². The fourth-order valence-electron chi connectivity index (χ4n) is 2.30. The summed E-state index contributed by atoms with van der Waals surface area (Å²) in [5.41, 5.74) is -0.373. The summed E-state index contributed by atoms with van der Waals surface area (Å²) in [7, 11) is 0. The molecule has 0 radical (unpaired) electrons. The number of halogens is 4. The van der Waals surface area contributed by atoms with Crippen molar-refractivity contribution in [3.63, 3.8) is 0 Å². The highest BCUT2D eigenvalue weighted by Crippen LogP contribution is 2.34. The molecule has 0 unspecified atom stereocenters. The zero-order valence-corrected chi connectivity index (χ0v) is 14.8. The van der Waals surface area contributed by atoms with Crippen molar-refractivity contribution in [1.29, 1.82) is 0 Å². The van der Waals surface area contributed by atoms with E-state index in [1.807, 2.05) is 24.3 Å². The van der Waals surface area contributed by atoms with E-state index in [1.165, 1.54) is 35.6 Å². The van der Waals surface area contributed by atoms with Crippen molar-refractivity contribution in [3.05, 3.63) is 70.2 Å². The van der Waals surface area contributed by atoms with Gasteiger partial charge in [0.15, 0.2) is 0 Å². The summed E-state index contributed by atoms with van der Waals surface area (Å²) in [5, 5.41) is 3.38. The molecule has 8 heteroatoms. The maximum atomic E-state index is 13.3. The van der Waals surface area contributed by atoms with Gasteiger partial charge in [0.05, 0.1) is 22.3 Å². The zero-order valence-electron chi connectivity index (χ0n) is 13.2. The first-order valence-electron chi connectivity index (χ1n) is 7.50. The summed E-state index contributed by atoms with van der Waals surface area (Å²) in [4.78, 5) is 16.3. The summed E-state index contributed by atoms with van der Waals surface area (Å²) in [6.45, 7) is 0.0560. The fourth-order valence-corrected chi connectivity index (χ4v) is 3.33. The number of fused-ring (bicyclic) bond motifs is 1. The van der Waals surface area contributed by atoms with Crippen LogP contribution >= 0.6 is 22.9 Å². The number of hydrogen-bond acceptors (Lipinski definition) is 3. The lowest BCUT2D eigenvalue weighted by Gasteiger charge is -2.12. The normalized spacial score (nSPS) is 12.4. The van der Waals surface area contributed by atoms with Crippen LogP contribution in [0.25, 0.3) is 15.8 Å². The van der Waals surface area contributed by atoms with Gasteiger partial charge in [-0.2, -0.15) is 13.2 Å². The molecule has 0 saturated heterocycles. The number of carbonyl (C=O) groups excluding carboxylic acids is 1. The van der Waals surface area contributed by atoms with Crippen LogP contribution in [0.3, 0.4) is 0 Å². The second kappa shape index (κ2) is 7.47. The Morgan fingerprint density at radius 1 is 1.15 bits per heavy atom. The van der Waals surface area contributed by atoms with Gasteiger partial charge in [0.1, 0.15) is 5.01 Å². The molecular weight excluding hydrogens is 385 g/mol. The van der Waals surface area contributed by atoms with E-state index in [0.29, 0.717) is 16.1 Å². The highest BCUT2D eigenvalue weighted by Gasteiger charge is 2.35.